The minimum atomic E-state index is 0.485. The molecule has 0 aliphatic heterocycles. The Morgan fingerprint density at radius 1 is 1.46 bits per heavy atom. The molecule has 0 aliphatic rings. The number of nitrogen functional groups attached to an aromatic ring is 1. The SMILES string of the molecule is N#Cc1cc2ccc(Br)cn2c1N. The van der Waals surface area contributed by atoms with Gasteiger partial charge in [0.05, 0.1) is 5.56 Å². The Kier molecular flexibility index (Phi) is 1.74. The predicted molar refractivity (Wildman–Crippen MR) is 54.2 cm³/mol. The first-order chi connectivity index (χ1) is 6.22. The maximum atomic E-state index is 8.73. The molecule has 13 heavy (non-hydrogen) atoms. The number of nitrogens with two attached hydrogens (primary N) is 1. The number of halogens is 1. The van der Waals surface area contributed by atoms with Crippen molar-refractivity contribution in [1.82, 2.24) is 4.40 Å². The van der Waals surface area contributed by atoms with Gasteiger partial charge in [-0.2, -0.15) is 5.26 Å². The number of aromatic nitrogens is 1. The second-order valence-corrected chi connectivity index (χ2v) is 3.61. The summed E-state index contributed by atoms with van der Waals surface area (Å²) in [5, 5.41) is 8.73. The monoisotopic (exact) mass is 235 g/mol. The van der Waals surface area contributed by atoms with Crippen LogP contribution in [0.2, 0.25) is 0 Å². The molecule has 2 rings (SSSR count). The van der Waals surface area contributed by atoms with Crippen LogP contribution >= 0.6 is 15.9 Å². The third kappa shape index (κ3) is 1.18. The number of nitrogens with zero attached hydrogens (tertiary/aromatic N) is 2. The number of fused-ring (bicyclic) bond motifs is 1. The van der Waals surface area contributed by atoms with Crippen LogP contribution in [0.5, 0.6) is 0 Å². The molecule has 0 aromatic carbocycles. The predicted octanol–water partition coefficient (Wildman–Crippen LogP) is 2.16. The van der Waals surface area contributed by atoms with Crippen LogP contribution in [0.3, 0.4) is 0 Å². The highest BCUT2D eigenvalue weighted by Gasteiger charge is 2.05. The van der Waals surface area contributed by atoms with Crippen molar-refractivity contribution in [2.75, 3.05) is 5.73 Å². The van der Waals surface area contributed by atoms with E-state index in [4.69, 9.17) is 11.0 Å². The maximum absolute atomic E-state index is 8.73. The quantitative estimate of drug-likeness (QED) is 0.761. The van der Waals surface area contributed by atoms with E-state index in [-0.39, 0.29) is 0 Å². The number of hydrogen-bond acceptors (Lipinski definition) is 2. The molecular formula is C9H6BrN3. The lowest BCUT2D eigenvalue weighted by Crippen LogP contribution is -1.93. The normalized spacial score (nSPS) is 10.2. The molecule has 2 aromatic heterocycles. The van der Waals surface area contributed by atoms with Gasteiger partial charge in [-0.3, -0.25) is 0 Å². The van der Waals surface area contributed by atoms with Gasteiger partial charge in [-0.1, -0.05) is 0 Å². The topological polar surface area (TPSA) is 54.2 Å². The van der Waals surface area contributed by atoms with Gasteiger partial charge in [0.2, 0.25) is 0 Å². The zero-order valence-electron chi connectivity index (χ0n) is 6.66. The molecule has 64 valence electrons. The van der Waals surface area contributed by atoms with Crippen LogP contribution in [0.15, 0.2) is 28.9 Å². The van der Waals surface area contributed by atoms with E-state index in [2.05, 4.69) is 15.9 Å². The van der Waals surface area contributed by atoms with Crippen LogP contribution in [-0.4, -0.2) is 4.40 Å². The van der Waals surface area contributed by atoms with Crippen molar-refractivity contribution in [3.05, 3.63) is 34.4 Å². The van der Waals surface area contributed by atoms with Gasteiger partial charge in [0, 0.05) is 16.2 Å². The fourth-order valence-electron chi connectivity index (χ4n) is 1.25. The lowest BCUT2D eigenvalue weighted by atomic mass is 10.3. The maximum Gasteiger partial charge on any atom is 0.126 e. The van der Waals surface area contributed by atoms with Crippen LogP contribution < -0.4 is 5.73 Å². The third-order valence-corrected chi connectivity index (χ3v) is 2.36. The highest BCUT2D eigenvalue weighted by atomic mass is 79.9. The molecule has 0 fully saturated rings. The molecule has 0 saturated heterocycles. The molecule has 0 spiro atoms. The largest absolute Gasteiger partial charge is 0.384 e. The summed E-state index contributed by atoms with van der Waals surface area (Å²) in [4.78, 5) is 0. The van der Waals surface area contributed by atoms with Gasteiger partial charge < -0.3 is 10.1 Å². The van der Waals surface area contributed by atoms with E-state index in [0.717, 1.165) is 9.99 Å². The zero-order valence-corrected chi connectivity index (χ0v) is 8.25. The average molecular weight is 236 g/mol. The number of pyridine rings is 1. The second-order valence-electron chi connectivity index (χ2n) is 2.70. The smallest absolute Gasteiger partial charge is 0.126 e. The Balaban J connectivity index is 2.87. The molecule has 0 atom stereocenters. The molecule has 4 heteroatoms. The first kappa shape index (κ1) is 8.14. The Morgan fingerprint density at radius 2 is 2.23 bits per heavy atom. The fourth-order valence-corrected chi connectivity index (χ4v) is 1.59. The van der Waals surface area contributed by atoms with E-state index in [9.17, 15) is 0 Å². The summed E-state index contributed by atoms with van der Waals surface area (Å²) in [6.45, 7) is 0. The van der Waals surface area contributed by atoms with Crippen LogP contribution in [0.25, 0.3) is 5.52 Å². The van der Waals surface area contributed by atoms with E-state index < -0.39 is 0 Å². The first-order valence-electron chi connectivity index (χ1n) is 3.68. The van der Waals surface area contributed by atoms with Crippen LogP contribution in [0.4, 0.5) is 5.82 Å². The first-order valence-corrected chi connectivity index (χ1v) is 4.48. The van der Waals surface area contributed by atoms with Gasteiger partial charge in [0.15, 0.2) is 0 Å². The third-order valence-electron chi connectivity index (χ3n) is 1.89. The van der Waals surface area contributed by atoms with Crippen LogP contribution in [0, 0.1) is 11.3 Å². The molecule has 0 saturated carbocycles. The van der Waals surface area contributed by atoms with Gasteiger partial charge in [0.25, 0.3) is 0 Å². The Bertz CT molecular complexity index is 507. The molecule has 2 heterocycles. The van der Waals surface area contributed by atoms with Gasteiger partial charge in [0.1, 0.15) is 11.9 Å². The molecule has 2 aromatic rings. The summed E-state index contributed by atoms with van der Waals surface area (Å²) in [5.74, 6) is 0.485. The Hall–Kier alpha value is -1.47. The van der Waals surface area contributed by atoms with E-state index >= 15 is 0 Å². The zero-order chi connectivity index (χ0) is 9.42. The van der Waals surface area contributed by atoms with E-state index in [1.165, 1.54) is 0 Å². The molecule has 0 unspecified atom stereocenters. The molecule has 0 bridgehead atoms. The summed E-state index contributed by atoms with van der Waals surface area (Å²) in [5.41, 5.74) is 7.18. The van der Waals surface area contributed by atoms with Crippen molar-refractivity contribution < 1.29 is 0 Å². The van der Waals surface area contributed by atoms with Crippen molar-refractivity contribution in [2.24, 2.45) is 0 Å². The van der Waals surface area contributed by atoms with E-state index in [0.29, 0.717) is 11.4 Å². The summed E-state index contributed by atoms with van der Waals surface area (Å²) >= 11 is 3.34. The molecule has 3 nitrogen and oxygen atoms in total. The number of hydrogen-bond donors (Lipinski definition) is 1. The number of nitriles is 1. The standard InChI is InChI=1S/C9H6BrN3/c10-7-1-2-8-3-6(4-11)9(12)13(8)5-7/h1-3,5H,12H2. The second kappa shape index (κ2) is 2.79. The van der Waals surface area contributed by atoms with Crippen molar-refractivity contribution in [1.29, 1.82) is 5.26 Å². The van der Waals surface area contributed by atoms with Crippen molar-refractivity contribution >= 4 is 27.3 Å². The number of anilines is 1. The van der Waals surface area contributed by atoms with Crippen molar-refractivity contribution in [2.45, 2.75) is 0 Å². The van der Waals surface area contributed by atoms with Crippen molar-refractivity contribution in [3.8, 4) is 6.07 Å². The fraction of sp³-hybridized carbons (Fsp3) is 0. The highest BCUT2D eigenvalue weighted by molar-refractivity contribution is 9.10. The summed E-state index contributed by atoms with van der Waals surface area (Å²) in [7, 11) is 0. The Labute approximate surface area is 83.5 Å². The van der Waals surface area contributed by atoms with Gasteiger partial charge in [-0.15, -0.1) is 0 Å². The number of rotatable bonds is 0. The minimum Gasteiger partial charge on any atom is -0.384 e. The summed E-state index contributed by atoms with van der Waals surface area (Å²) < 4.78 is 2.72. The average Bonchev–Trinajstić information content (AvgIpc) is 2.44. The van der Waals surface area contributed by atoms with Crippen LogP contribution in [-0.2, 0) is 0 Å². The lowest BCUT2D eigenvalue weighted by Gasteiger charge is -1.97. The van der Waals surface area contributed by atoms with E-state index in [1.807, 2.05) is 24.4 Å². The lowest BCUT2D eigenvalue weighted by molar-refractivity contribution is 1.19. The Morgan fingerprint density at radius 3 is 2.92 bits per heavy atom. The highest BCUT2D eigenvalue weighted by Crippen LogP contribution is 2.20. The molecule has 0 radical (unpaired) electrons. The van der Waals surface area contributed by atoms with Crippen molar-refractivity contribution in [3.63, 3.8) is 0 Å². The molecule has 0 amide bonds. The minimum absolute atomic E-state index is 0.485. The summed E-state index contributed by atoms with van der Waals surface area (Å²) in [6, 6.07) is 7.63. The molecule has 2 N–H and O–H groups in total. The van der Waals surface area contributed by atoms with E-state index in [1.54, 1.807) is 10.5 Å². The van der Waals surface area contributed by atoms with Gasteiger partial charge in [-0.05, 0) is 34.1 Å². The van der Waals surface area contributed by atoms with Crippen LogP contribution in [0.1, 0.15) is 5.56 Å². The molecule has 0 aliphatic carbocycles. The summed E-state index contributed by atoms with van der Waals surface area (Å²) in [6.07, 6.45) is 1.84. The molecular weight excluding hydrogens is 230 g/mol. The van der Waals surface area contributed by atoms with Gasteiger partial charge in [-0.25, -0.2) is 0 Å². The van der Waals surface area contributed by atoms with Gasteiger partial charge >= 0.3 is 0 Å².